The number of hydrogen-bond donors (Lipinski definition) is 1. The quantitative estimate of drug-likeness (QED) is 0.630. The molecule has 30 heavy (non-hydrogen) atoms. The Labute approximate surface area is 181 Å². The number of para-hydroxylation sites is 1. The Morgan fingerprint density at radius 3 is 2.27 bits per heavy atom. The highest BCUT2D eigenvalue weighted by Crippen LogP contribution is 2.49. The Hall–Kier alpha value is -1.70. The molecule has 0 atom stereocenters. The zero-order valence-corrected chi connectivity index (χ0v) is 18.5. The molecule has 7 heteroatoms. The molecule has 0 radical (unpaired) electrons. The van der Waals surface area contributed by atoms with Crippen LogP contribution in [0.2, 0.25) is 0 Å². The van der Waals surface area contributed by atoms with Gasteiger partial charge in [0.05, 0.1) is 16.9 Å². The number of rotatable bonds is 4. The lowest BCUT2D eigenvalue weighted by molar-refractivity contribution is -0.137. The first-order valence-corrected chi connectivity index (χ1v) is 11.3. The smallest absolute Gasteiger partial charge is 0.340 e. The molecule has 0 saturated carbocycles. The van der Waals surface area contributed by atoms with E-state index in [1.54, 1.807) is 6.07 Å². The zero-order chi connectivity index (χ0) is 21.6. The van der Waals surface area contributed by atoms with Gasteiger partial charge in [0, 0.05) is 16.3 Å². The number of halogens is 3. The summed E-state index contributed by atoms with van der Waals surface area (Å²) >= 11 is 1.53. The van der Waals surface area contributed by atoms with E-state index in [1.165, 1.54) is 50.2 Å². The van der Waals surface area contributed by atoms with E-state index >= 15 is 0 Å². The molecule has 2 heterocycles. The second-order valence-corrected chi connectivity index (χ2v) is 8.95. The minimum absolute atomic E-state index is 0.598. The van der Waals surface area contributed by atoms with Crippen molar-refractivity contribution in [2.75, 3.05) is 45.2 Å². The third-order valence-corrected chi connectivity index (χ3v) is 6.28. The van der Waals surface area contributed by atoms with Gasteiger partial charge >= 0.3 is 6.18 Å². The number of piperidine rings is 1. The predicted octanol–water partition coefficient (Wildman–Crippen LogP) is 6.02. The van der Waals surface area contributed by atoms with Gasteiger partial charge in [-0.25, -0.2) is 0 Å². The van der Waals surface area contributed by atoms with E-state index in [-0.39, 0.29) is 0 Å². The van der Waals surface area contributed by atoms with Crippen LogP contribution in [-0.2, 0) is 6.18 Å². The van der Waals surface area contributed by atoms with E-state index in [4.69, 9.17) is 0 Å². The van der Waals surface area contributed by atoms with E-state index in [0.29, 0.717) is 12.2 Å². The van der Waals surface area contributed by atoms with Gasteiger partial charge in [0.2, 0.25) is 0 Å². The lowest BCUT2D eigenvalue weighted by Crippen LogP contribution is -2.25. The Bertz CT molecular complexity index is 808. The average molecular weight is 438 g/mol. The first-order chi connectivity index (χ1) is 14.4. The van der Waals surface area contributed by atoms with Gasteiger partial charge in [0.15, 0.2) is 0 Å². The predicted molar refractivity (Wildman–Crippen MR) is 119 cm³/mol. The maximum absolute atomic E-state index is 13.1. The molecule has 1 fully saturated rings. The third kappa shape index (κ3) is 6.15. The van der Waals surface area contributed by atoms with Crippen LogP contribution in [0.25, 0.3) is 0 Å². The van der Waals surface area contributed by atoms with Crippen molar-refractivity contribution in [3.63, 3.8) is 0 Å². The molecular formula is C23H30F3N3S. The molecule has 1 saturated heterocycles. The van der Waals surface area contributed by atoms with Gasteiger partial charge in [-0.3, -0.25) is 0 Å². The minimum atomic E-state index is -4.33. The van der Waals surface area contributed by atoms with Crippen molar-refractivity contribution in [3.05, 3.63) is 48.0 Å². The zero-order valence-electron chi connectivity index (χ0n) is 17.6. The maximum atomic E-state index is 13.1. The van der Waals surface area contributed by atoms with Crippen molar-refractivity contribution in [1.82, 2.24) is 10.2 Å². The monoisotopic (exact) mass is 437 g/mol. The minimum Gasteiger partial charge on any atom is -0.340 e. The van der Waals surface area contributed by atoms with Crippen LogP contribution in [0.4, 0.5) is 24.5 Å². The number of hydrogen-bond acceptors (Lipinski definition) is 4. The number of nitrogens with one attached hydrogen (secondary N) is 1. The van der Waals surface area contributed by atoms with Gasteiger partial charge < -0.3 is 15.1 Å². The molecule has 0 aliphatic carbocycles. The molecule has 0 unspecified atom stereocenters. The van der Waals surface area contributed by atoms with E-state index in [0.717, 1.165) is 34.5 Å². The summed E-state index contributed by atoms with van der Waals surface area (Å²) in [6.07, 6.45) is 0.765. The first-order valence-electron chi connectivity index (χ1n) is 10.5. The van der Waals surface area contributed by atoms with Gasteiger partial charge in [-0.2, -0.15) is 13.2 Å². The topological polar surface area (TPSA) is 18.5 Å². The van der Waals surface area contributed by atoms with Gasteiger partial charge in [-0.1, -0.05) is 30.3 Å². The third-order valence-electron chi connectivity index (χ3n) is 5.15. The highest BCUT2D eigenvalue weighted by Gasteiger charge is 2.33. The average Bonchev–Trinajstić information content (AvgIpc) is 2.73. The fraction of sp³-hybridized carbons (Fsp3) is 0.478. The van der Waals surface area contributed by atoms with E-state index in [2.05, 4.69) is 10.2 Å². The molecule has 4 rings (SSSR count). The van der Waals surface area contributed by atoms with Crippen LogP contribution in [0.5, 0.6) is 0 Å². The standard InChI is InChI=1S/C18H19F3N2S.C5H11N/c1-22(2)10-5-11-23-14-6-3-4-7-16(14)24-17-9-8-13(12-15(17)23)18(19,20)21;1-2-4-6-5-3-1/h3-4,6-9,12H,5,10-11H2,1-2H3;6H,1-5H2. The van der Waals surface area contributed by atoms with Crippen LogP contribution in [0.1, 0.15) is 31.2 Å². The molecule has 1 N–H and O–H groups in total. The van der Waals surface area contributed by atoms with Crippen molar-refractivity contribution in [2.24, 2.45) is 0 Å². The van der Waals surface area contributed by atoms with E-state index in [1.807, 2.05) is 43.3 Å². The van der Waals surface area contributed by atoms with E-state index < -0.39 is 11.7 Å². The number of fused-ring (bicyclic) bond motifs is 2. The molecule has 2 aromatic rings. The van der Waals surface area contributed by atoms with Crippen molar-refractivity contribution < 1.29 is 13.2 Å². The molecule has 0 spiro atoms. The lowest BCUT2D eigenvalue weighted by Gasteiger charge is -2.33. The van der Waals surface area contributed by atoms with Gasteiger partial charge in [-0.15, -0.1) is 0 Å². The second kappa shape index (κ2) is 10.6. The van der Waals surface area contributed by atoms with Gasteiger partial charge in [0.1, 0.15) is 0 Å². The first kappa shape index (κ1) is 23.0. The lowest BCUT2D eigenvalue weighted by atomic mass is 10.1. The van der Waals surface area contributed by atoms with Crippen LogP contribution in [0, 0.1) is 0 Å². The SMILES string of the molecule is C1CCNCC1.CN(C)CCCN1c2ccccc2Sc2ccc(C(F)(F)F)cc21. The molecule has 2 aliphatic heterocycles. The number of benzene rings is 2. The fourth-order valence-corrected chi connectivity index (χ4v) is 4.67. The van der Waals surface area contributed by atoms with Crippen LogP contribution in [0.15, 0.2) is 52.3 Å². The summed E-state index contributed by atoms with van der Waals surface area (Å²) in [4.78, 5) is 6.04. The molecule has 0 aromatic heterocycles. The van der Waals surface area contributed by atoms with Crippen LogP contribution in [-0.4, -0.2) is 45.2 Å². The number of anilines is 2. The summed E-state index contributed by atoms with van der Waals surface area (Å²) in [6, 6.07) is 11.9. The Balaban J connectivity index is 0.000000367. The molecular weight excluding hydrogens is 407 g/mol. The van der Waals surface area contributed by atoms with Crippen LogP contribution < -0.4 is 10.2 Å². The summed E-state index contributed by atoms with van der Waals surface area (Å²) in [5, 5.41) is 3.28. The molecule has 3 nitrogen and oxygen atoms in total. The van der Waals surface area contributed by atoms with Crippen molar-refractivity contribution in [1.29, 1.82) is 0 Å². The molecule has 0 amide bonds. The Morgan fingerprint density at radius 2 is 1.67 bits per heavy atom. The number of alkyl halides is 3. The van der Waals surface area contributed by atoms with Crippen molar-refractivity contribution >= 4 is 23.1 Å². The van der Waals surface area contributed by atoms with Crippen LogP contribution >= 0.6 is 11.8 Å². The largest absolute Gasteiger partial charge is 0.416 e. The van der Waals surface area contributed by atoms with Crippen molar-refractivity contribution in [3.8, 4) is 0 Å². The number of nitrogens with zero attached hydrogens (tertiary/aromatic N) is 2. The summed E-state index contributed by atoms with van der Waals surface area (Å²) < 4.78 is 39.3. The molecule has 2 aliphatic rings. The fourth-order valence-electron chi connectivity index (χ4n) is 3.59. The normalized spacial score (nSPS) is 15.9. The Morgan fingerprint density at radius 1 is 0.967 bits per heavy atom. The summed E-state index contributed by atoms with van der Waals surface area (Å²) in [5.41, 5.74) is 1.03. The van der Waals surface area contributed by atoms with E-state index in [9.17, 15) is 13.2 Å². The summed E-state index contributed by atoms with van der Waals surface area (Å²) in [5.74, 6) is 0. The Kier molecular flexibility index (Phi) is 8.08. The summed E-state index contributed by atoms with van der Waals surface area (Å²) in [6.45, 7) is 4.07. The molecule has 0 bridgehead atoms. The second-order valence-electron chi connectivity index (χ2n) is 7.87. The molecule has 164 valence electrons. The van der Waals surface area contributed by atoms with Crippen molar-refractivity contribution in [2.45, 2.75) is 41.7 Å². The van der Waals surface area contributed by atoms with Crippen LogP contribution in [0.3, 0.4) is 0 Å². The van der Waals surface area contributed by atoms with Gasteiger partial charge in [0.25, 0.3) is 0 Å². The maximum Gasteiger partial charge on any atom is 0.416 e. The highest BCUT2D eigenvalue weighted by molar-refractivity contribution is 7.99. The van der Waals surface area contributed by atoms with Gasteiger partial charge in [-0.05, 0) is 83.3 Å². The highest BCUT2D eigenvalue weighted by atomic mass is 32.2. The molecule has 2 aromatic carbocycles. The summed E-state index contributed by atoms with van der Waals surface area (Å²) in [7, 11) is 3.99.